The van der Waals surface area contributed by atoms with E-state index >= 15 is 0 Å². The van der Waals surface area contributed by atoms with E-state index in [1.54, 1.807) is 0 Å². The molecule has 1 atom stereocenters. The number of hydrogen-bond acceptors (Lipinski definition) is 6. The predicted octanol–water partition coefficient (Wildman–Crippen LogP) is 21.8. The molecule has 0 unspecified atom stereocenters. The van der Waals surface area contributed by atoms with Crippen LogP contribution in [0.15, 0.2) is 48.6 Å². The van der Waals surface area contributed by atoms with Gasteiger partial charge < -0.3 is 14.2 Å². The molecule has 0 saturated carbocycles. The van der Waals surface area contributed by atoms with Gasteiger partial charge in [-0.2, -0.15) is 0 Å². The highest BCUT2D eigenvalue weighted by molar-refractivity contribution is 5.71. The van der Waals surface area contributed by atoms with Crippen molar-refractivity contribution in [3.05, 3.63) is 48.6 Å². The third kappa shape index (κ3) is 60.1. The SMILES string of the molecule is CCCCC/C=C\C/C=C\C/C=C\CCCCCCC(=O)O[C@H](COC(=O)CCCCCCCCC/C=C\CCCCCCCC)COC(=O)CCCCCCCCCCCCCCCCCCCCCCC. The normalized spacial score (nSPS) is 12.3. The smallest absolute Gasteiger partial charge is 0.306 e. The number of carbonyl (C=O) groups is 3. The van der Waals surface area contributed by atoms with Crippen molar-refractivity contribution in [3.63, 3.8) is 0 Å². The van der Waals surface area contributed by atoms with E-state index in [0.29, 0.717) is 19.3 Å². The van der Waals surface area contributed by atoms with Crippen LogP contribution in [0.1, 0.15) is 342 Å². The maximum atomic E-state index is 12.9. The Bertz CT molecular complexity index is 1270. The van der Waals surface area contributed by atoms with Gasteiger partial charge in [0.05, 0.1) is 0 Å². The second kappa shape index (κ2) is 61.9. The lowest BCUT2D eigenvalue weighted by molar-refractivity contribution is -0.167. The van der Waals surface area contributed by atoms with Crippen LogP contribution in [0, 0.1) is 0 Å². The summed E-state index contributed by atoms with van der Waals surface area (Å²) in [6.07, 6.45) is 76.8. The molecule has 0 aromatic carbocycles. The van der Waals surface area contributed by atoms with Gasteiger partial charge in [0.1, 0.15) is 13.2 Å². The van der Waals surface area contributed by atoms with Crippen molar-refractivity contribution < 1.29 is 28.6 Å². The Morgan fingerprint density at radius 2 is 0.493 bits per heavy atom. The molecular formula is C67H122O6. The van der Waals surface area contributed by atoms with Crippen molar-refractivity contribution in [1.82, 2.24) is 0 Å². The predicted molar refractivity (Wildman–Crippen MR) is 316 cm³/mol. The molecule has 0 aliphatic heterocycles. The molecule has 0 saturated heterocycles. The topological polar surface area (TPSA) is 78.9 Å². The minimum absolute atomic E-state index is 0.0801. The second-order valence-corrected chi connectivity index (χ2v) is 21.7. The van der Waals surface area contributed by atoms with Crippen LogP contribution in [0.5, 0.6) is 0 Å². The molecule has 0 fully saturated rings. The molecule has 0 bridgehead atoms. The van der Waals surface area contributed by atoms with Gasteiger partial charge in [-0.05, 0) is 83.5 Å². The molecule has 0 aromatic heterocycles. The first-order valence-electron chi connectivity index (χ1n) is 32.1. The Balaban J connectivity index is 4.35. The molecule has 0 aliphatic rings. The summed E-state index contributed by atoms with van der Waals surface area (Å²) in [4.78, 5) is 38.3. The molecule has 0 aromatic rings. The first-order chi connectivity index (χ1) is 36.0. The van der Waals surface area contributed by atoms with E-state index in [0.717, 1.165) is 83.5 Å². The molecule has 0 amide bonds. The van der Waals surface area contributed by atoms with Gasteiger partial charge in [-0.1, -0.05) is 288 Å². The number of hydrogen-bond donors (Lipinski definition) is 0. The largest absolute Gasteiger partial charge is 0.462 e. The molecular weight excluding hydrogens is 901 g/mol. The van der Waals surface area contributed by atoms with E-state index in [9.17, 15) is 14.4 Å². The van der Waals surface area contributed by atoms with Crippen molar-refractivity contribution in [1.29, 1.82) is 0 Å². The van der Waals surface area contributed by atoms with Gasteiger partial charge in [-0.25, -0.2) is 0 Å². The van der Waals surface area contributed by atoms with E-state index in [1.807, 2.05) is 0 Å². The maximum absolute atomic E-state index is 12.9. The first-order valence-corrected chi connectivity index (χ1v) is 32.1. The quantitative estimate of drug-likeness (QED) is 0.0261. The Morgan fingerprint density at radius 1 is 0.274 bits per heavy atom. The lowest BCUT2D eigenvalue weighted by Gasteiger charge is -2.18. The average molecular weight is 1020 g/mol. The molecule has 0 heterocycles. The maximum Gasteiger partial charge on any atom is 0.306 e. The summed E-state index contributed by atoms with van der Waals surface area (Å²) >= 11 is 0. The number of allylic oxidation sites excluding steroid dienone is 8. The Kier molecular flexibility index (Phi) is 59.7. The van der Waals surface area contributed by atoms with Gasteiger partial charge in [0.2, 0.25) is 0 Å². The number of ether oxygens (including phenoxy) is 3. The van der Waals surface area contributed by atoms with Crippen LogP contribution in [0.3, 0.4) is 0 Å². The summed E-state index contributed by atoms with van der Waals surface area (Å²) in [5.74, 6) is -0.885. The fourth-order valence-electron chi connectivity index (χ4n) is 9.45. The zero-order chi connectivity index (χ0) is 52.9. The van der Waals surface area contributed by atoms with Crippen molar-refractivity contribution in [2.75, 3.05) is 13.2 Å². The molecule has 0 spiro atoms. The van der Waals surface area contributed by atoms with Crippen molar-refractivity contribution in [2.24, 2.45) is 0 Å². The van der Waals surface area contributed by atoms with Crippen LogP contribution >= 0.6 is 0 Å². The summed E-state index contributed by atoms with van der Waals surface area (Å²) in [7, 11) is 0. The van der Waals surface area contributed by atoms with Crippen molar-refractivity contribution in [3.8, 4) is 0 Å². The van der Waals surface area contributed by atoms with E-state index < -0.39 is 6.10 Å². The zero-order valence-electron chi connectivity index (χ0n) is 48.9. The molecule has 73 heavy (non-hydrogen) atoms. The van der Waals surface area contributed by atoms with Crippen LogP contribution in [0.4, 0.5) is 0 Å². The standard InChI is InChI=1S/C67H122O6/c1-4-7-10-13-16-19-22-25-28-31-32-33-34-37-39-42-45-48-51-54-57-60-66(69)72-63-64(73-67(70)61-58-55-52-49-46-43-40-36-30-27-24-21-18-15-12-9-6-3)62-71-65(68)59-56-53-50-47-44-41-38-35-29-26-23-20-17-14-11-8-5-2/h18,21,26-27,29-30,40,43,64H,4-17,19-20,22-25,28,31-39,41-42,44-63H2,1-3H3/b21-18-,29-26-,30-27-,43-40-/t64-/m1/s1. The van der Waals surface area contributed by atoms with Gasteiger partial charge >= 0.3 is 17.9 Å². The van der Waals surface area contributed by atoms with Crippen LogP contribution in [-0.4, -0.2) is 37.2 Å². The number of rotatable bonds is 59. The highest BCUT2D eigenvalue weighted by Gasteiger charge is 2.19. The van der Waals surface area contributed by atoms with E-state index in [4.69, 9.17) is 14.2 Å². The minimum atomic E-state index is -0.786. The van der Waals surface area contributed by atoms with Gasteiger partial charge in [0, 0.05) is 19.3 Å². The summed E-state index contributed by atoms with van der Waals surface area (Å²) in [5.41, 5.74) is 0. The van der Waals surface area contributed by atoms with Crippen molar-refractivity contribution in [2.45, 2.75) is 348 Å². The summed E-state index contributed by atoms with van der Waals surface area (Å²) in [5, 5.41) is 0. The van der Waals surface area contributed by atoms with Gasteiger partial charge in [0.15, 0.2) is 6.10 Å². The monoisotopic (exact) mass is 1020 g/mol. The Hall–Kier alpha value is -2.63. The highest BCUT2D eigenvalue weighted by atomic mass is 16.6. The molecule has 6 nitrogen and oxygen atoms in total. The molecule has 0 rings (SSSR count). The second-order valence-electron chi connectivity index (χ2n) is 21.7. The lowest BCUT2D eigenvalue weighted by atomic mass is 10.0. The third-order valence-corrected chi connectivity index (χ3v) is 14.3. The highest BCUT2D eigenvalue weighted by Crippen LogP contribution is 2.17. The zero-order valence-corrected chi connectivity index (χ0v) is 48.9. The van der Waals surface area contributed by atoms with Crippen LogP contribution in [-0.2, 0) is 28.6 Å². The van der Waals surface area contributed by atoms with Gasteiger partial charge in [-0.15, -0.1) is 0 Å². The fraction of sp³-hybridized carbons (Fsp3) is 0.836. The van der Waals surface area contributed by atoms with E-state index in [2.05, 4.69) is 69.4 Å². The molecule has 0 radical (unpaired) electrons. The number of carbonyl (C=O) groups excluding carboxylic acids is 3. The first kappa shape index (κ1) is 70.4. The lowest BCUT2D eigenvalue weighted by Crippen LogP contribution is -2.30. The minimum Gasteiger partial charge on any atom is -0.462 e. The van der Waals surface area contributed by atoms with Crippen LogP contribution in [0.25, 0.3) is 0 Å². The molecule has 0 N–H and O–H groups in total. The Labute approximate surface area is 454 Å². The molecule has 426 valence electrons. The van der Waals surface area contributed by atoms with Crippen LogP contribution in [0.2, 0.25) is 0 Å². The van der Waals surface area contributed by atoms with E-state index in [1.165, 1.54) is 218 Å². The summed E-state index contributed by atoms with van der Waals surface area (Å²) in [6, 6.07) is 0. The Morgan fingerprint density at radius 3 is 0.808 bits per heavy atom. The molecule has 6 heteroatoms. The van der Waals surface area contributed by atoms with Gasteiger partial charge in [0.25, 0.3) is 0 Å². The van der Waals surface area contributed by atoms with E-state index in [-0.39, 0.29) is 31.1 Å². The molecule has 0 aliphatic carbocycles. The number of esters is 3. The number of unbranched alkanes of at least 4 members (excludes halogenated alkanes) is 40. The van der Waals surface area contributed by atoms with Gasteiger partial charge in [-0.3, -0.25) is 14.4 Å². The van der Waals surface area contributed by atoms with Crippen molar-refractivity contribution >= 4 is 17.9 Å². The van der Waals surface area contributed by atoms with Crippen LogP contribution < -0.4 is 0 Å². The fourth-order valence-corrected chi connectivity index (χ4v) is 9.45. The average Bonchev–Trinajstić information content (AvgIpc) is 3.39. The third-order valence-electron chi connectivity index (χ3n) is 14.3. The summed E-state index contributed by atoms with van der Waals surface area (Å²) < 4.78 is 16.9. The summed E-state index contributed by atoms with van der Waals surface area (Å²) in [6.45, 7) is 6.64.